The van der Waals surface area contributed by atoms with Gasteiger partial charge < -0.3 is 15.4 Å². The van der Waals surface area contributed by atoms with Gasteiger partial charge in [-0.15, -0.1) is 0 Å². The molecule has 1 aliphatic rings. The summed E-state index contributed by atoms with van der Waals surface area (Å²) in [4.78, 5) is 34.8. The molecule has 130 valence electrons. The van der Waals surface area contributed by atoms with Crippen molar-refractivity contribution in [1.29, 1.82) is 0 Å². The van der Waals surface area contributed by atoms with Crippen molar-refractivity contribution in [2.45, 2.75) is 26.4 Å². The molecule has 3 rings (SSSR count). The molecule has 1 atom stereocenters. The Kier molecular flexibility index (Phi) is 4.39. The van der Waals surface area contributed by atoms with Gasteiger partial charge in [0.15, 0.2) is 0 Å². The number of anilines is 1. The number of nitrogens with zero attached hydrogens (tertiary/aromatic N) is 3. The molecule has 2 heterocycles. The van der Waals surface area contributed by atoms with Crippen molar-refractivity contribution in [3.8, 4) is 11.3 Å². The molecule has 0 spiro atoms. The zero-order chi connectivity index (χ0) is 18.1. The molecule has 7 nitrogen and oxygen atoms in total. The van der Waals surface area contributed by atoms with Crippen molar-refractivity contribution >= 4 is 17.7 Å². The van der Waals surface area contributed by atoms with Gasteiger partial charge in [-0.2, -0.15) is 0 Å². The number of rotatable bonds is 4. The number of hydrogen-bond donors (Lipinski definition) is 1. The average molecular weight is 340 g/mol. The molecular weight excluding hydrogens is 320 g/mol. The van der Waals surface area contributed by atoms with Crippen molar-refractivity contribution in [3.63, 3.8) is 0 Å². The van der Waals surface area contributed by atoms with Gasteiger partial charge in [-0.1, -0.05) is 26.0 Å². The molecule has 1 amide bonds. The molecule has 0 radical (unpaired) electrons. The van der Waals surface area contributed by atoms with Crippen LogP contribution in [0.3, 0.4) is 0 Å². The number of amides is 1. The van der Waals surface area contributed by atoms with E-state index in [4.69, 9.17) is 10.5 Å². The van der Waals surface area contributed by atoms with Crippen LogP contribution >= 0.6 is 0 Å². The number of fused-ring (bicyclic) bond motifs is 1. The minimum absolute atomic E-state index is 0.0480. The van der Waals surface area contributed by atoms with Gasteiger partial charge in [0.1, 0.15) is 11.9 Å². The molecule has 1 aromatic heterocycles. The van der Waals surface area contributed by atoms with Gasteiger partial charge in [-0.3, -0.25) is 9.78 Å². The predicted molar refractivity (Wildman–Crippen MR) is 92.4 cm³/mol. The van der Waals surface area contributed by atoms with E-state index in [1.165, 1.54) is 13.3 Å². The number of esters is 1. The number of hydrogen-bond acceptors (Lipinski definition) is 6. The molecule has 0 unspecified atom stereocenters. The number of carbonyl (C=O) groups is 2. The topological polar surface area (TPSA) is 98.4 Å². The second-order valence-electron chi connectivity index (χ2n) is 6.34. The summed E-state index contributed by atoms with van der Waals surface area (Å²) in [5, 5.41) is 0. The molecule has 1 aliphatic heterocycles. The lowest BCUT2D eigenvalue weighted by Crippen LogP contribution is -2.45. The number of nitrogen functional groups attached to an aromatic ring is 1. The van der Waals surface area contributed by atoms with Crippen LogP contribution in [0, 0.1) is 5.92 Å². The molecule has 7 heteroatoms. The minimum atomic E-state index is -0.607. The fourth-order valence-electron chi connectivity index (χ4n) is 3.07. The summed E-state index contributed by atoms with van der Waals surface area (Å²) in [7, 11) is 1.34. The maximum atomic E-state index is 12.9. The van der Waals surface area contributed by atoms with Crippen LogP contribution in [0.5, 0.6) is 0 Å². The van der Waals surface area contributed by atoms with E-state index in [2.05, 4.69) is 9.97 Å². The number of carbonyl (C=O) groups excluding carboxylic acids is 2. The smallest absolute Gasteiger partial charge is 0.328 e. The fourth-order valence-corrected chi connectivity index (χ4v) is 3.07. The number of nitrogens with two attached hydrogens (primary N) is 1. The summed E-state index contributed by atoms with van der Waals surface area (Å²) in [5.74, 6) is -0.289. The summed E-state index contributed by atoms with van der Waals surface area (Å²) in [5.41, 5.74) is 8.43. The van der Waals surface area contributed by atoms with Crippen molar-refractivity contribution < 1.29 is 14.3 Å². The second-order valence-corrected chi connectivity index (χ2v) is 6.34. The van der Waals surface area contributed by atoms with Crippen molar-refractivity contribution in [3.05, 3.63) is 41.7 Å². The molecule has 1 aromatic carbocycles. The SMILES string of the molecule is COC(=O)[C@H](C(C)C)N1Cc2ccc(-c3cnc(N)cn3)cc2C1=O. The van der Waals surface area contributed by atoms with Gasteiger partial charge in [0.05, 0.1) is 25.2 Å². The molecule has 2 aromatic rings. The maximum absolute atomic E-state index is 12.9. The lowest BCUT2D eigenvalue weighted by atomic mass is 10.0. The van der Waals surface area contributed by atoms with Gasteiger partial charge >= 0.3 is 5.97 Å². The van der Waals surface area contributed by atoms with Crippen LogP contribution < -0.4 is 5.73 Å². The van der Waals surface area contributed by atoms with E-state index in [0.29, 0.717) is 23.6 Å². The highest BCUT2D eigenvalue weighted by Crippen LogP contribution is 2.30. The molecule has 0 aliphatic carbocycles. The van der Waals surface area contributed by atoms with Crippen LogP contribution in [0.15, 0.2) is 30.6 Å². The summed E-state index contributed by atoms with van der Waals surface area (Å²) >= 11 is 0. The van der Waals surface area contributed by atoms with Crippen LogP contribution in [0.25, 0.3) is 11.3 Å². The standard InChI is InChI=1S/C18H20N4O3/c1-10(2)16(18(24)25-3)22-9-12-5-4-11(6-13(12)17(22)23)14-7-21-15(19)8-20-14/h4-8,10,16H,9H2,1-3H3,(H2,19,21)/t16-/m0/s1. The Hall–Kier alpha value is -2.96. The summed E-state index contributed by atoms with van der Waals surface area (Å²) < 4.78 is 4.87. The van der Waals surface area contributed by atoms with E-state index < -0.39 is 12.0 Å². The second kappa shape index (κ2) is 6.51. The Morgan fingerprint density at radius 2 is 2.04 bits per heavy atom. The fraction of sp³-hybridized carbons (Fsp3) is 0.333. The third-order valence-corrected chi connectivity index (χ3v) is 4.32. The average Bonchev–Trinajstić information content (AvgIpc) is 2.91. The Morgan fingerprint density at radius 1 is 1.28 bits per heavy atom. The zero-order valence-corrected chi connectivity index (χ0v) is 14.4. The third-order valence-electron chi connectivity index (χ3n) is 4.32. The molecule has 0 saturated heterocycles. The van der Waals surface area contributed by atoms with Crippen LogP contribution in [-0.2, 0) is 16.1 Å². The zero-order valence-electron chi connectivity index (χ0n) is 14.4. The van der Waals surface area contributed by atoms with E-state index in [9.17, 15) is 9.59 Å². The van der Waals surface area contributed by atoms with Crippen LogP contribution in [0.2, 0.25) is 0 Å². The minimum Gasteiger partial charge on any atom is -0.467 e. The van der Waals surface area contributed by atoms with E-state index in [1.54, 1.807) is 17.2 Å². The monoisotopic (exact) mass is 340 g/mol. The number of methoxy groups -OCH3 is 1. The van der Waals surface area contributed by atoms with Crippen molar-refractivity contribution in [2.75, 3.05) is 12.8 Å². The molecule has 25 heavy (non-hydrogen) atoms. The Labute approximate surface area is 145 Å². The highest BCUT2D eigenvalue weighted by molar-refractivity contribution is 6.01. The number of benzene rings is 1. The van der Waals surface area contributed by atoms with Crippen LogP contribution in [0.4, 0.5) is 5.82 Å². The quantitative estimate of drug-likeness (QED) is 0.853. The van der Waals surface area contributed by atoms with Gasteiger partial charge in [-0.25, -0.2) is 9.78 Å². The Balaban J connectivity index is 1.94. The number of aromatic nitrogens is 2. The third kappa shape index (κ3) is 3.05. The van der Waals surface area contributed by atoms with Crippen molar-refractivity contribution in [1.82, 2.24) is 14.9 Å². The largest absolute Gasteiger partial charge is 0.467 e. The first-order valence-electron chi connectivity index (χ1n) is 8.02. The van der Waals surface area contributed by atoms with E-state index in [-0.39, 0.29) is 11.8 Å². The summed E-state index contributed by atoms with van der Waals surface area (Å²) in [6.07, 6.45) is 3.04. The van der Waals surface area contributed by atoms with E-state index >= 15 is 0 Å². The normalized spacial score (nSPS) is 14.6. The lowest BCUT2D eigenvalue weighted by Gasteiger charge is -2.28. The van der Waals surface area contributed by atoms with Crippen LogP contribution in [-0.4, -0.2) is 39.9 Å². The maximum Gasteiger partial charge on any atom is 0.328 e. The van der Waals surface area contributed by atoms with E-state index in [1.807, 2.05) is 26.0 Å². The van der Waals surface area contributed by atoms with Crippen LogP contribution in [0.1, 0.15) is 29.8 Å². The molecule has 0 fully saturated rings. The van der Waals surface area contributed by atoms with Crippen molar-refractivity contribution in [2.24, 2.45) is 5.92 Å². The molecule has 0 saturated carbocycles. The molecular formula is C18H20N4O3. The van der Waals surface area contributed by atoms with Gasteiger partial charge in [-0.05, 0) is 17.5 Å². The Morgan fingerprint density at radius 3 is 2.64 bits per heavy atom. The van der Waals surface area contributed by atoms with E-state index in [0.717, 1.165) is 11.1 Å². The first kappa shape index (κ1) is 16.9. The summed E-state index contributed by atoms with van der Waals surface area (Å²) in [6.45, 7) is 4.18. The highest BCUT2D eigenvalue weighted by Gasteiger charge is 2.38. The van der Waals surface area contributed by atoms with Gasteiger partial charge in [0, 0.05) is 17.7 Å². The first-order valence-corrected chi connectivity index (χ1v) is 8.02. The molecule has 0 bridgehead atoms. The highest BCUT2D eigenvalue weighted by atomic mass is 16.5. The van der Waals surface area contributed by atoms with Gasteiger partial charge in [0.2, 0.25) is 0 Å². The van der Waals surface area contributed by atoms with Gasteiger partial charge in [0.25, 0.3) is 5.91 Å². The molecule has 2 N–H and O–H groups in total. The summed E-state index contributed by atoms with van der Waals surface area (Å²) in [6, 6.07) is 4.95. The Bertz CT molecular complexity index is 818. The predicted octanol–water partition coefficient (Wildman–Crippen LogP) is 1.88. The number of ether oxygens (including phenoxy) is 1. The lowest BCUT2D eigenvalue weighted by molar-refractivity contribution is -0.147. The first-order chi connectivity index (χ1) is 11.9.